The van der Waals surface area contributed by atoms with Crippen molar-refractivity contribution in [3.63, 3.8) is 0 Å². The fraction of sp³-hybridized carbons (Fsp3) is 0.200. The minimum atomic E-state index is -0.514. The van der Waals surface area contributed by atoms with Crippen molar-refractivity contribution in [1.82, 2.24) is 4.98 Å². The molecule has 1 heterocycles. The van der Waals surface area contributed by atoms with E-state index < -0.39 is 4.92 Å². The molecule has 0 saturated heterocycles. The largest absolute Gasteiger partial charge is 0.431 e. The molecule has 2 aromatic rings. The van der Waals surface area contributed by atoms with Crippen LogP contribution < -0.4 is 0 Å². The number of hydrogen-bond donors (Lipinski definition) is 0. The van der Waals surface area contributed by atoms with Crippen molar-refractivity contribution in [3.05, 3.63) is 27.8 Å². The van der Waals surface area contributed by atoms with E-state index in [1.807, 2.05) is 6.07 Å². The van der Waals surface area contributed by atoms with Crippen molar-refractivity contribution in [2.45, 2.75) is 11.6 Å². The van der Waals surface area contributed by atoms with Crippen LogP contribution in [-0.4, -0.2) is 16.2 Å². The number of hydrogen-bond acceptors (Lipinski definition) is 6. The van der Waals surface area contributed by atoms with Crippen LogP contribution in [0.3, 0.4) is 0 Å². The molecule has 1 aromatic carbocycles. The van der Waals surface area contributed by atoms with Crippen molar-refractivity contribution in [2.75, 3.05) is 6.26 Å². The average Bonchev–Trinajstić information content (AvgIpc) is 2.72. The average molecular weight is 249 g/mol. The zero-order valence-corrected chi connectivity index (χ0v) is 9.65. The van der Waals surface area contributed by atoms with Crippen molar-refractivity contribution in [2.24, 2.45) is 0 Å². The molecule has 2 rings (SSSR count). The van der Waals surface area contributed by atoms with Gasteiger partial charge in [0.15, 0.2) is 5.58 Å². The SMILES string of the molecule is CSc1nc2c(CC#N)c([N+](=O)[O-])ccc2o1. The van der Waals surface area contributed by atoms with Gasteiger partial charge < -0.3 is 4.42 Å². The molecule has 7 heteroatoms. The first-order valence-corrected chi connectivity index (χ1v) is 5.87. The topological polar surface area (TPSA) is 93.0 Å². The van der Waals surface area contributed by atoms with E-state index in [2.05, 4.69) is 4.98 Å². The lowest BCUT2D eigenvalue weighted by atomic mass is 10.1. The Kier molecular flexibility index (Phi) is 2.97. The fourth-order valence-corrected chi connectivity index (χ4v) is 1.88. The van der Waals surface area contributed by atoms with Crippen molar-refractivity contribution in [3.8, 4) is 6.07 Å². The number of nitro benzene ring substituents is 1. The number of benzene rings is 1. The van der Waals surface area contributed by atoms with Crippen LogP contribution >= 0.6 is 11.8 Å². The number of nitro groups is 1. The molecule has 0 aliphatic carbocycles. The van der Waals surface area contributed by atoms with Crippen LogP contribution in [-0.2, 0) is 6.42 Å². The van der Waals surface area contributed by atoms with Gasteiger partial charge in [0.2, 0.25) is 0 Å². The summed E-state index contributed by atoms with van der Waals surface area (Å²) in [5.41, 5.74) is 1.06. The number of thioether (sulfide) groups is 1. The van der Waals surface area contributed by atoms with Crippen LogP contribution in [0.2, 0.25) is 0 Å². The van der Waals surface area contributed by atoms with Gasteiger partial charge in [0.1, 0.15) is 5.52 Å². The van der Waals surface area contributed by atoms with Gasteiger partial charge in [0.25, 0.3) is 10.9 Å². The van der Waals surface area contributed by atoms with Crippen molar-refractivity contribution < 1.29 is 9.34 Å². The highest BCUT2D eigenvalue weighted by Crippen LogP contribution is 2.30. The second-order valence-electron chi connectivity index (χ2n) is 3.19. The zero-order chi connectivity index (χ0) is 12.4. The Morgan fingerprint density at radius 2 is 2.41 bits per heavy atom. The Labute approximate surface area is 100 Å². The van der Waals surface area contributed by atoms with Gasteiger partial charge in [-0.1, -0.05) is 11.8 Å². The van der Waals surface area contributed by atoms with Crippen LogP contribution in [0.5, 0.6) is 0 Å². The molecule has 0 unspecified atom stereocenters. The molecule has 1 aromatic heterocycles. The summed E-state index contributed by atoms with van der Waals surface area (Å²) in [6.45, 7) is 0. The van der Waals surface area contributed by atoms with Crippen molar-refractivity contribution >= 4 is 28.5 Å². The molecule has 0 atom stereocenters. The lowest BCUT2D eigenvalue weighted by Gasteiger charge is -1.97. The first kappa shape index (κ1) is 11.4. The Bertz CT molecular complexity index is 629. The summed E-state index contributed by atoms with van der Waals surface area (Å²) in [5.74, 6) is 0. The lowest BCUT2D eigenvalue weighted by molar-refractivity contribution is -0.385. The molecule has 17 heavy (non-hydrogen) atoms. The molecule has 0 N–H and O–H groups in total. The van der Waals surface area contributed by atoms with Crippen LogP contribution in [0.1, 0.15) is 5.56 Å². The highest BCUT2D eigenvalue weighted by atomic mass is 32.2. The molecule has 0 aliphatic rings. The van der Waals surface area contributed by atoms with Gasteiger partial charge in [0, 0.05) is 6.07 Å². The summed E-state index contributed by atoms with van der Waals surface area (Å²) >= 11 is 1.31. The molecule has 0 radical (unpaired) electrons. The highest BCUT2D eigenvalue weighted by Gasteiger charge is 2.20. The molecular weight excluding hydrogens is 242 g/mol. The summed E-state index contributed by atoms with van der Waals surface area (Å²) < 4.78 is 5.36. The maximum atomic E-state index is 10.8. The number of aromatic nitrogens is 1. The third-order valence-corrected chi connectivity index (χ3v) is 2.77. The van der Waals surface area contributed by atoms with E-state index in [0.717, 1.165) is 0 Å². The molecule has 0 saturated carbocycles. The van der Waals surface area contributed by atoms with Crippen LogP contribution in [0, 0.1) is 21.4 Å². The second kappa shape index (κ2) is 4.43. The van der Waals surface area contributed by atoms with Crippen LogP contribution in [0.15, 0.2) is 21.8 Å². The lowest BCUT2D eigenvalue weighted by Crippen LogP contribution is -1.95. The summed E-state index contributed by atoms with van der Waals surface area (Å²) in [4.78, 5) is 14.5. The minimum Gasteiger partial charge on any atom is -0.431 e. The van der Waals surface area contributed by atoms with E-state index in [-0.39, 0.29) is 12.1 Å². The third kappa shape index (κ3) is 1.94. The molecule has 0 amide bonds. The predicted molar refractivity (Wildman–Crippen MR) is 61.8 cm³/mol. The van der Waals surface area contributed by atoms with E-state index in [1.54, 1.807) is 6.26 Å². The summed E-state index contributed by atoms with van der Waals surface area (Å²) in [7, 11) is 0. The second-order valence-corrected chi connectivity index (χ2v) is 3.94. The molecule has 86 valence electrons. The zero-order valence-electron chi connectivity index (χ0n) is 8.84. The van der Waals surface area contributed by atoms with E-state index in [9.17, 15) is 10.1 Å². The molecule has 0 fully saturated rings. The number of fused-ring (bicyclic) bond motifs is 1. The van der Waals surface area contributed by atoms with Crippen LogP contribution in [0.25, 0.3) is 11.1 Å². The molecule has 0 bridgehead atoms. The Balaban J connectivity index is 2.74. The number of rotatable bonds is 3. The molecular formula is C10H7N3O3S. The van der Waals surface area contributed by atoms with Gasteiger partial charge in [-0.15, -0.1) is 0 Å². The monoisotopic (exact) mass is 249 g/mol. The smallest absolute Gasteiger partial charge is 0.276 e. The maximum absolute atomic E-state index is 10.8. The van der Waals surface area contributed by atoms with E-state index >= 15 is 0 Å². The van der Waals surface area contributed by atoms with Crippen LogP contribution in [0.4, 0.5) is 5.69 Å². The van der Waals surface area contributed by atoms with Gasteiger partial charge in [-0.3, -0.25) is 10.1 Å². The summed E-state index contributed by atoms with van der Waals surface area (Å²) in [6.07, 6.45) is 1.73. The van der Waals surface area contributed by atoms with Gasteiger partial charge in [-0.25, -0.2) is 4.98 Å². The molecule has 0 spiro atoms. The third-order valence-electron chi connectivity index (χ3n) is 2.25. The first-order valence-electron chi connectivity index (χ1n) is 4.65. The normalized spacial score (nSPS) is 10.4. The summed E-state index contributed by atoms with van der Waals surface area (Å²) in [5, 5.41) is 20.0. The number of nitriles is 1. The van der Waals surface area contributed by atoms with Gasteiger partial charge >= 0.3 is 0 Å². The standard InChI is InChI=1S/C10H7N3O3S/c1-17-10-12-9-6(4-5-11)7(13(14)15)2-3-8(9)16-10/h2-3H,4H2,1H3. The molecule has 0 aliphatic heterocycles. The van der Waals surface area contributed by atoms with E-state index in [4.69, 9.17) is 9.68 Å². The fourth-order valence-electron chi connectivity index (χ4n) is 1.53. The maximum Gasteiger partial charge on any atom is 0.276 e. The predicted octanol–water partition coefficient (Wildman–Crippen LogP) is 2.52. The quantitative estimate of drug-likeness (QED) is 0.471. The minimum absolute atomic E-state index is 0.0615. The van der Waals surface area contributed by atoms with Crippen molar-refractivity contribution in [1.29, 1.82) is 5.26 Å². The molecule has 6 nitrogen and oxygen atoms in total. The highest BCUT2D eigenvalue weighted by molar-refractivity contribution is 7.98. The van der Waals surface area contributed by atoms with E-state index in [0.29, 0.717) is 21.9 Å². The van der Waals surface area contributed by atoms with Gasteiger partial charge in [-0.05, 0) is 12.3 Å². The number of oxazole rings is 1. The number of nitrogens with zero attached hydrogens (tertiary/aromatic N) is 3. The Morgan fingerprint density at radius 1 is 1.65 bits per heavy atom. The van der Waals surface area contributed by atoms with Gasteiger partial charge in [-0.2, -0.15) is 5.26 Å². The Morgan fingerprint density at radius 3 is 3.00 bits per heavy atom. The summed E-state index contributed by atoms with van der Waals surface area (Å²) in [6, 6.07) is 4.74. The Hall–Kier alpha value is -2.07. The van der Waals surface area contributed by atoms with Gasteiger partial charge in [0.05, 0.1) is 23.0 Å². The van der Waals surface area contributed by atoms with E-state index in [1.165, 1.54) is 23.9 Å². The first-order chi connectivity index (χ1) is 8.17.